The zero-order chi connectivity index (χ0) is 14.5. The SMILES string of the molecule is CCNCc1sc(C2CN(C)CCCN2C)nc1CC. The van der Waals surface area contributed by atoms with Crippen LogP contribution in [0, 0.1) is 0 Å². The lowest BCUT2D eigenvalue weighted by Crippen LogP contribution is -2.30. The smallest absolute Gasteiger partial charge is 0.112 e. The van der Waals surface area contributed by atoms with Gasteiger partial charge in [0.25, 0.3) is 0 Å². The Morgan fingerprint density at radius 2 is 2.10 bits per heavy atom. The number of nitrogens with zero attached hydrogens (tertiary/aromatic N) is 3. The first-order chi connectivity index (χ1) is 9.65. The quantitative estimate of drug-likeness (QED) is 0.902. The minimum atomic E-state index is 0.452. The molecule has 1 unspecified atom stereocenters. The van der Waals surface area contributed by atoms with E-state index in [1.165, 1.54) is 35.1 Å². The van der Waals surface area contributed by atoms with E-state index in [0.717, 1.165) is 26.1 Å². The summed E-state index contributed by atoms with van der Waals surface area (Å²) in [5.41, 5.74) is 1.28. The van der Waals surface area contributed by atoms with Crippen LogP contribution >= 0.6 is 11.3 Å². The summed E-state index contributed by atoms with van der Waals surface area (Å²) >= 11 is 1.90. The lowest BCUT2D eigenvalue weighted by atomic mass is 10.2. The first-order valence-corrected chi connectivity index (χ1v) is 8.55. The van der Waals surface area contributed by atoms with Gasteiger partial charge in [0.1, 0.15) is 5.01 Å². The van der Waals surface area contributed by atoms with Crippen molar-refractivity contribution in [3.63, 3.8) is 0 Å². The van der Waals surface area contributed by atoms with Gasteiger partial charge >= 0.3 is 0 Å². The number of hydrogen-bond acceptors (Lipinski definition) is 5. The number of aromatic nitrogens is 1. The van der Waals surface area contributed by atoms with E-state index in [4.69, 9.17) is 4.98 Å². The number of likely N-dealkylation sites (N-methyl/N-ethyl adjacent to an activating group) is 2. The maximum absolute atomic E-state index is 4.94. The molecule has 2 heterocycles. The van der Waals surface area contributed by atoms with Gasteiger partial charge in [0.15, 0.2) is 0 Å². The fourth-order valence-corrected chi connectivity index (χ4v) is 4.02. The van der Waals surface area contributed by atoms with Crippen LogP contribution in [-0.4, -0.2) is 55.1 Å². The van der Waals surface area contributed by atoms with Crippen molar-refractivity contribution in [2.75, 3.05) is 40.3 Å². The Kier molecular flexibility index (Phi) is 5.96. The molecule has 1 saturated heterocycles. The number of nitrogens with one attached hydrogen (secondary N) is 1. The van der Waals surface area contributed by atoms with Crippen molar-refractivity contribution < 1.29 is 0 Å². The fourth-order valence-electron chi connectivity index (χ4n) is 2.74. The lowest BCUT2D eigenvalue weighted by Gasteiger charge is -2.25. The van der Waals surface area contributed by atoms with Gasteiger partial charge in [-0.15, -0.1) is 11.3 Å². The highest BCUT2D eigenvalue weighted by atomic mass is 32.1. The van der Waals surface area contributed by atoms with Crippen molar-refractivity contribution >= 4 is 11.3 Å². The van der Waals surface area contributed by atoms with Gasteiger partial charge in [0.05, 0.1) is 11.7 Å². The molecular weight excluding hydrogens is 268 g/mol. The maximum atomic E-state index is 4.94. The molecule has 0 radical (unpaired) electrons. The molecule has 1 aromatic rings. The summed E-state index contributed by atoms with van der Waals surface area (Å²) < 4.78 is 0. The molecule has 1 aliphatic heterocycles. The van der Waals surface area contributed by atoms with Crippen LogP contribution in [0.15, 0.2) is 0 Å². The molecule has 1 aromatic heterocycles. The Morgan fingerprint density at radius 1 is 1.30 bits per heavy atom. The van der Waals surface area contributed by atoms with Crippen molar-refractivity contribution in [1.29, 1.82) is 0 Å². The molecule has 5 heteroatoms. The van der Waals surface area contributed by atoms with Crippen LogP contribution in [-0.2, 0) is 13.0 Å². The molecule has 1 atom stereocenters. The van der Waals surface area contributed by atoms with E-state index in [9.17, 15) is 0 Å². The molecule has 0 spiro atoms. The molecule has 1 aliphatic rings. The highest BCUT2D eigenvalue weighted by Crippen LogP contribution is 2.29. The highest BCUT2D eigenvalue weighted by molar-refractivity contribution is 7.11. The third-order valence-corrected chi connectivity index (χ3v) is 5.22. The average Bonchev–Trinajstić information content (AvgIpc) is 2.77. The Balaban J connectivity index is 2.19. The summed E-state index contributed by atoms with van der Waals surface area (Å²) in [6.45, 7) is 9.79. The van der Waals surface area contributed by atoms with E-state index in [0.29, 0.717) is 6.04 Å². The summed E-state index contributed by atoms with van der Waals surface area (Å²) in [5, 5.41) is 4.73. The van der Waals surface area contributed by atoms with Crippen LogP contribution in [0.5, 0.6) is 0 Å². The van der Waals surface area contributed by atoms with Gasteiger partial charge in [-0.1, -0.05) is 13.8 Å². The van der Waals surface area contributed by atoms with Gasteiger partial charge in [-0.05, 0) is 46.6 Å². The van der Waals surface area contributed by atoms with E-state index >= 15 is 0 Å². The van der Waals surface area contributed by atoms with Crippen molar-refractivity contribution in [1.82, 2.24) is 20.1 Å². The third kappa shape index (κ3) is 3.79. The van der Waals surface area contributed by atoms with Crippen LogP contribution in [0.3, 0.4) is 0 Å². The van der Waals surface area contributed by atoms with Gasteiger partial charge in [-0.3, -0.25) is 4.90 Å². The van der Waals surface area contributed by atoms with E-state index in [-0.39, 0.29) is 0 Å². The van der Waals surface area contributed by atoms with E-state index in [1.54, 1.807) is 0 Å². The van der Waals surface area contributed by atoms with Gasteiger partial charge in [-0.25, -0.2) is 4.98 Å². The normalized spacial score (nSPS) is 22.1. The molecule has 0 amide bonds. The van der Waals surface area contributed by atoms with Gasteiger partial charge < -0.3 is 10.2 Å². The molecular formula is C15H28N4S. The topological polar surface area (TPSA) is 31.4 Å². The largest absolute Gasteiger partial charge is 0.312 e. The van der Waals surface area contributed by atoms with E-state index < -0.39 is 0 Å². The maximum Gasteiger partial charge on any atom is 0.112 e. The second-order valence-electron chi connectivity index (χ2n) is 5.67. The van der Waals surface area contributed by atoms with Crippen LogP contribution < -0.4 is 5.32 Å². The molecule has 2 rings (SSSR count). The Bertz CT molecular complexity index is 418. The van der Waals surface area contributed by atoms with Crippen LogP contribution in [0.1, 0.15) is 41.9 Å². The van der Waals surface area contributed by atoms with Crippen LogP contribution in [0.25, 0.3) is 0 Å². The molecule has 0 saturated carbocycles. The monoisotopic (exact) mass is 296 g/mol. The number of rotatable bonds is 5. The molecule has 20 heavy (non-hydrogen) atoms. The van der Waals surface area contributed by atoms with Crippen LogP contribution in [0.2, 0.25) is 0 Å². The average molecular weight is 296 g/mol. The third-order valence-electron chi connectivity index (χ3n) is 4.02. The Hall–Kier alpha value is -0.490. The number of hydrogen-bond donors (Lipinski definition) is 1. The minimum Gasteiger partial charge on any atom is -0.312 e. The molecule has 0 bridgehead atoms. The van der Waals surface area contributed by atoms with E-state index in [1.807, 2.05) is 11.3 Å². The van der Waals surface area contributed by atoms with Crippen LogP contribution in [0.4, 0.5) is 0 Å². The lowest BCUT2D eigenvalue weighted by molar-refractivity contribution is 0.228. The highest BCUT2D eigenvalue weighted by Gasteiger charge is 2.25. The van der Waals surface area contributed by atoms with Gasteiger partial charge in [-0.2, -0.15) is 0 Å². The summed E-state index contributed by atoms with van der Waals surface area (Å²) in [6, 6.07) is 0.452. The fraction of sp³-hybridized carbons (Fsp3) is 0.800. The summed E-state index contributed by atoms with van der Waals surface area (Å²) in [7, 11) is 4.46. The summed E-state index contributed by atoms with van der Waals surface area (Å²) in [5.74, 6) is 0. The minimum absolute atomic E-state index is 0.452. The summed E-state index contributed by atoms with van der Waals surface area (Å²) in [4.78, 5) is 11.3. The van der Waals surface area contributed by atoms with Crippen molar-refractivity contribution in [2.24, 2.45) is 0 Å². The standard InChI is InChI=1S/C15H28N4S/c1-5-12-14(10-16-6-2)20-15(17-12)13-11-18(3)8-7-9-19(13)4/h13,16H,5-11H2,1-4H3. The summed E-state index contributed by atoms with van der Waals surface area (Å²) in [6.07, 6.45) is 2.28. The number of aryl methyl sites for hydroxylation is 1. The predicted octanol–water partition coefficient (Wildman–Crippen LogP) is 2.12. The second-order valence-corrected chi connectivity index (χ2v) is 6.78. The van der Waals surface area contributed by atoms with Crippen molar-refractivity contribution in [3.8, 4) is 0 Å². The first kappa shape index (κ1) is 15.9. The molecule has 0 aromatic carbocycles. The zero-order valence-corrected chi connectivity index (χ0v) is 14.1. The molecule has 1 N–H and O–H groups in total. The number of thiazole rings is 1. The zero-order valence-electron chi connectivity index (χ0n) is 13.3. The van der Waals surface area contributed by atoms with Crippen molar-refractivity contribution in [2.45, 2.75) is 39.3 Å². The Labute approximate surface area is 127 Å². The van der Waals surface area contributed by atoms with Gasteiger partial charge in [0, 0.05) is 18.0 Å². The Morgan fingerprint density at radius 3 is 2.80 bits per heavy atom. The molecule has 0 aliphatic carbocycles. The molecule has 114 valence electrons. The predicted molar refractivity (Wildman–Crippen MR) is 86.4 cm³/mol. The first-order valence-electron chi connectivity index (χ1n) is 7.73. The second kappa shape index (κ2) is 7.50. The van der Waals surface area contributed by atoms with E-state index in [2.05, 4.69) is 43.1 Å². The molecule has 1 fully saturated rings. The van der Waals surface area contributed by atoms with Crippen molar-refractivity contribution in [3.05, 3.63) is 15.6 Å². The molecule has 4 nitrogen and oxygen atoms in total. The van der Waals surface area contributed by atoms with Gasteiger partial charge in [0.2, 0.25) is 0 Å².